The van der Waals surface area contributed by atoms with E-state index in [1.54, 1.807) is 24.3 Å². The molecule has 0 aliphatic carbocycles. The molecular weight excluding hydrogens is 442 g/mol. The first-order valence-corrected chi connectivity index (χ1v) is 9.20. The van der Waals surface area contributed by atoms with E-state index in [0.29, 0.717) is 11.3 Å². The van der Waals surface area contributed by atoms with E-state index in [1.165, 1.54) is 24.2 Å². The zero-order valence-corrected chi connectivity index (χ0v) is 16.9. The molecule has 2 aromatic carbocycles. The molecule has 1 heterocycles. The molecule has 0 atom stereocenters. The molecule has 0 unspecified atom stereocenters. The van der Waals surface area contributed by atoms with Gasteiger partial charge in [-0.25, -0.2) is 5.43 Å². The summed E-state index contributed by atoms with van der Waals surface area (Å²) in [6.45, 7) is 0.276. The molecule has 0 aliphatic rings. The van der Waals surface area contributed by atoms with Crippen LogP contribution in [0.1, 0.15) is 21.6 Å². The molecule has 0 bridgehead atoms. The van der Waals surface area contributed by atoms with Crippen LogP contribution in [0, 0.1) is 10.1 Å². The summed E-state index contributed by atoms with van der Waals surface area (Å²) in [5, 5.41) is 19.2. The number of hydrogen-bond acceptors (Lipinski definition) is 6. The Morgan fingerprint density at radius 3 is 2.86 bits per heavy atom. The molecule has 1 aromatic heterocycles. The summed E-state index contributed by atoms with van der Waals surface area (Å²) < 4.78 is 7.42. The molecule has 3 rings (SSSR count). The molecular formula is C19H16BrN5O4. The van der Waals surface area contributed by atoms with Gasteiger partial charge in [0.2, 0.25) is 5.69 Å². The Hall–Kier alpha value is -3.53. The predicted octanol–water partition coefficient (Wildman–Crippen LogP) is 3.37. The smallest absolute Gasteiger partial charge is 0.320 e. The van der Waals surface area contributed by atoms with Gasteiger partial charge in [-0.2, -0.15) is 10.2 Å². The van der Waals surface area contributed by atoms with E-state index in [2.05, 4.69) is 31.6 Å². The third-order valence-electron chi connectivity index (χ3n) is 3.90. The fraction of sp³-hybridized carbons (Fsp3) is 0.105. The first-order valence-electron chi connectivity index (χ1n) is 8.40. The summed E-state index contributed by atoms with van der Waals surface area (Å²) in [6.07, 6.45) is 2.61. The summed E-state index contributed by atoms with van der Waals surface area (Å²) >= 11 is 3.37. The Labute approximate surface area is 174 Å². The van der Waals surface area contributed by atoms with Crippen LogP contribution in [0.2, 0.25) is 0 Å². The number of hydrazone groups is 1. The number of amides is 1. The Bertz CT molecular complexity index is 1080. The van der Waals surface area contributed by atoms with E-state index in [-0.39, 0.29) is 12.2 Å². The topological polar surface area (TPSA) is 112 Å². The first-order chi connectivity index (χ1) is 14.0. The summed E-state index contributed by atoms with van der Waals surface area (Å²) in [5.74, 6) is -0.203. The molecule has 10 heteroatoms. The number of ether oxygens (including phenoxy) is 1. The van der Waals surface area contributed by atoms with Crippen molar-refractivity contribution in [2.75, 3.05) is 7.11 Å². The van der Waals surface area contributed by atoms with Crippen LogP contribution >= 0.6 is 15.9 Å². The predicted molar refractivity (Wildman–Crippen MR) is 110 cm³/mol. The molecule has 148 valence electrons. The monoisotopic (exact) mass is 457 g/mol. The number of nitrogens with zero attached hydrogens (tertiary/aromatic N) is 4. The van der Waals surface area contributed by atoms with Gasteiger partial charge < -0.3 is 4.74 Å². The van der Waals surface area contributed by atoms with Crippen molar-refractivity contribution in [2.24, 2.45) is 5.10 Å². The average Bonchev–Trinajstić information content (AvgIpc) is 3.12. The quantitative estimate of drug-likeness (QED) is 0.332. The number of carbonyl (C=O) groups excluding carboxylic acids is 1. The number of halogens is 1. The minimum absolute atomic E-state index is 0.276. The van der Waals surface area contributed by atoms with Gasteiger partial charge in [0.1, 0.15) is 11.9 Å². The van der Waals surface area contributed by atoms with E-state index < -0.39 is 16.5 Å². The lowest BCUT2D eigenvalue weighted by Crippen LogP contribution is -2.19. The van der Waals surface area contributed by atoms with Crippen LogP contribution in [-0.4, -0.2) is 33.9 Å². The number of hydrogen-bond donors (Lipinski definition) is 1. The maximum absolute atomic E-state index is 12.4. The third kappa shape index (κ3) is 5.05. The average molecular weight is 458 g/mol. The second kappa shape index (κ2) is 9.11. The van der Waals surface area contributed by atoms with Crippen molar-refractivity contribution in [2.45, 2.75) is 6.54 Å². The van der Waals surface area contributed by atoms with Crippen molar-refractivity contribution in [3.63, 3.8) is 0 Å². The molecule has 0 aliphatic heterocycles. The molecule has 0 radical (unpaired) electrons. The van der Waals surface area contributed by atoms with Gasteiger partial charge >= 0.3 is 5.69 Å². The van der Waals surface area contributed by atoms with Crippen molar-refractivity contribution in [3.8, 4) is 5.75 Å². The maximum Gasteiger partial charge on any atom is 0.320 e. The molecule has 1 amide bonds. The molecule has 1 N–H and O–H groups in total. The molecule has 0 saturated carbocycles. The highest BCUT2D eigenvalue weighted by Gasteiger charge is 2.25. The highest BCUT2D eigenvalue weighted by molar-refractivity contribution is 9.10. The number of rotatable bonds is 7. The fourth-order valence-corrected chi connectivity index (χ4v) is 3.04. The summed E-state index contributed by atoms with van der Waals surface area (Å²) in [7, 11) is 1.52. The maximum atomic E-state index is 12.4. The number of aromatic nitrogens is 2. The first kappa shape index (κ1) is 20.2. The van der Waals surface area contributed by atoms with Crippen molar-refractivity contribution in [3.05, 3.63) is 86.1 Å². The molecule has 29 heavy (non-hydrogen) atoms. The van der Waals surface area contributed by atoms with Gasteiger partial charge in [-0.3, -0.25) is 19.6 Å². The van der Waals surface area contributed by atoms with Gasteiger partial charge in [-0.05, 0) is 29.8 Å². The van der Waals surface area contributed by atoms with E-state index >= 15 is 0 Å². The second-order valence-corrected chi connectivity index (χ2v) is 6.80. The minimum Gasteiger partial charge on any atom is -0.496 e. The number of benzene rings is 2. The number of carbonyl (C=O) groups is 1. The Morgan fingerprint density at radius 1 is 1.34 bits per heavy atom. The largest absolute Gasteiger partial charge is 0.496 e. The van der Waals surface area contributed by atoms with Gasteiger partial charge in [0.15, 0.2) is 0 Å². The van der Waals surface area contributed by atoms with Crippen LogP contribution in [0.15, 0.2) is 64.3 Å². The zero-order valence-electron chi connectivity index (χ0n) is 15.3. The lowest BCUT2D eigenvalue weighted by Gasteiger charge is -2.03. The third-order valence-corrected chi connectivity index (χ3v) is 4.39. The van der Waals surface area contributed by atoms with E-state index in [4.69, 9.17) is 4.74 Å². The lowest BCUT2D eigenvalue weighted by atomic mass is 10.2. The highest BCUT2D eigenvalue weighted by atomic mass is 79.9. The second-order valence-electron chi connectivity index (χ2n) is 5.89. The summed E-state index contributed by atoms with van der Waals surface area (Å²) in [5.41, 5.74) is 3.07. The van der Waals surface area contributed by atoms with Gasteiger partial charge in [-0.15, -0.1) is 0 Å². The Balaban J connectivity index is 1.78. The van der Waals surface area contributed by atoms with Crippen LogP contribution in [0.3, 0.4) is 0 Å². The zero-order chi connectivity index (χ0) is 20.8. The van der Waals surface area contributed by atoms with Crippen LogP contribution in [0.25, 0.3) is 0 Å². The van der Waals surface area contributed by atoms with E-state index in [0.717, 1.165) is 10.0 Å². The highest BCUT2D eigenvalue weighted by Crippen LogP contribution is 2.19. The van der Waals surface area contributed by atoms with Crippen LogP contribution in [0.4, 0.5) is 5.69 Å². The SMILES string of the molecule is COc1ccccc1/C=N/NC(=O)c1nn(Cc2cccc(Br)c2)cc1[N+](=O)[O-]. The standard InChI is InChI=1S/C19H16BrN5O4/c1-29-17-8-3-2-6-14(17)10-21-22-19(26)18-16(25(27)28)12-24(23-18)11-13-5-4-7-15(20)9-13/h2-10,12H,11H2,1H3,(H,22,26)/b21-10+. The number of para-hydroxylation sites is 1. The van der Waals surface area contributed by atoms with Gasteiger partial charge in [-0.1, -0.05) is 40.2 Å². The molecule has 0 fully saturated rings. The van der Waals surface area contributed by atoms with E-state index in [1.807, 2.05) is 24.3 Å². The van der Waals surface area contributed by atoms with Gasteiger partial charge in [0.25, 0.3) is 5.91 Å². The van der Waals surface area contributed by atoms with Gasteiger partial charge in [0, 0.05) is 10.0 Å². The van der Waals surface area contributed by atoms with Crippen LogP contribution < -0.4 is 10.2 Å². The van der Waals surface area contributed by atoms with Crippen molar-refractivity contribution >= 4 is 33.7 Å². The molecule has 0 spiro atoms. The Morgan fingerprint density at radius 2 is 2.14 bits per heavy atom. The summed E-state index contributed by atoms with van der Waals surface area (Å²) in [6, 6.07) is 14.5. The van der Waals surface area contributed by atoms with Crippen molar-refractivity contribution in [1.29, 1.82) is 0 Å². The van der Waals surface area contributed by atoms with Gasteiger partial charge in [0.05, 0.1) is 24.8 Å². The van der Waals surface area contributed by atoms with Crippen LogP contribution in [0.5, 0.6) is 5.75 Å². The van der Waals surface area contributed by atoms with E-state index in [9.17, 15) is 14.9 Å². The molecule has 9 nitrogen and oxygen atoms in total. The number of nitro groups is 1. The Kier molecular flexibility index (Phi) is 6.35. The summed E-state index contributed by atoms with van der Waals surface area (Å²) in [4.78, 5) is 23.1. The molecule has 3 aromatic rings. The van der Waals surface area contributed by atoms with Crippen molar-refractivity contribution < 1.29 is 14.5 Å². The molecule has 0 saturated heterocycles. The lowest BCUT2D eigenvalue weighted by molar-refractivity contribution is -0.385. The number of nitrogens with one attached hydrogen (secondary N) is 1. The van der Waals surface area contributed by atoms with Crippen molar-refractivity contribution in [1.82, 2.24) is 15.2 Å². The number of methoxy groups -OCH3 is 1. The minimum atomic E-state index is -0.782. The van der Waals surface area contributed by atoms with Crippen LogP contribution in [-0.2, 0) is 6.54 Å². The fourth-order valence-electron chi connectivity index (χ4n) is 2.60. The normalized spacial score (nSPS) is 10.8.